The van der Waals surface area contributed by atoms with Gasteiger partial charge in [-0.1, -0.05) is 121 Å². The van der Waals surface area contributed by atoms with Crippen LogP contribution in [0.25, 0.3) is 12.2 Å². The number of nitrogens with zero attached hydrogens (tertiary/aromatic N) is 5. The summed E-state index contributed by atoms with van der Waals surface area (Å²) >= 11 is 2.49. The zero-order valence-electron chi connectivity index (χ0n) is 48.9. The topological polar surface area (TPSA) is 425 Å². The van der Waals surface area contributed by atoms with Crippen LogP contribution in [-0.2, 0) is 51.2 Å². The van der Waals surface area contributed by atoms with E-state index in [1.54, 1.807) is 62.7 Å². The number of guanidine groups is 1. The summed E-state index contributed by atoms with van der Waals surface area (Å²) in [5, 5.41) is 19.0. The van der Waals surface area contributed by atoms with Gasteiger partial charge >= 0.3 is 30.2 Å². The maximum atomic E-state index is 14.3. The zero-order chi connectivity index (χ0) is 66.2. The lowest BCUT2D eigenvalue weighted by atomic mass is 9.93. The van der Waals surface area contributed by atoms with E-state index in [0.717, 1.165) is 27.8 Å². The minimum Gasteiger partial charge on any atom is -0.548 e. The number of ether oxygens (including phenoxy) is 4. The molecule has 4 aliphatic heterocycles. The largest absolute Gasteiger partial charge is 0.548 e. The van der Waals surface area contributed by atoms with Crippen LogP contribution < -0.4 is 33.0 Å². The molecule has 4 fully saturated rings. The zero-order valence-corrected chi connectivity index (χ0v) is 50.5. The fraction of sp³-hybridized carbons (Fsp3) is 0.242. The predicted molar refractivity (Wildman–Crippen MR) is 334 cm³/mol. The van der Waals surface area contributed by atoms with Crippen LogP contribution in [0, 0.1) is 25.3 Å². The van der Waals surface area contributed by atoms with Gasteiger partial charge in [0.25, 0.3) is 11.8 Å². The Labute approximate surface area is 528 Å². The van der Waals surface area contributed by atoms with Crippen LogP contribution in [0.3, 0.4) is 0 Å². The van der Waals surface area contributed by atoms with Crippen molar-refractivity contribution >= 4 is 89.5 Å². The number of carboxylic acid groups (broad SMARTS) is 1. The van der Waals surface area contributed by atoms with E-state index in [2.05, 4.69) is 15.0 Å². The summed E-state index contributed by atoms with van der Waals surface area (Å²) in [6.07, 6.45) is 2.18. The molecule has 472 valence electrons. The Morgan fingerprint density at radius 2 is 1.01 bits per heavy atom. The Hall–Kier alpha value is -10.8. The SMILES string of the molecule is CC(=N)N(Cc1ccnc(/C=C2/C(=O)N3C2S[C@@](C)(COC(N)=O)[C@@H]3C(=O)OC(c2ccccc2)c2ccccc2)c1)C(=O)OC(c1ccccc1)c1ccccc1.C[C@@]1(COC(N)=O)SC2/C(=C\c3cc(C[NH+]=C(N)N)ccn3)C(=O)N2[C@H]1C(=O)[O-].O=O.O=O. The molecule has 0 spiro atoms. The monoisotopic (exact) mass is 1280 g/mol. The molecule has 4 saturated heterocycles. The van der Waals surface area contributed by atoms with Crippen LogP contribution >= 0.6 is 23.5 Å². The lowest BCUT2D eigenvalue weighted by Gasteiger charge is -2.41. The molecule has 5 amide bonds. The number of pyridine rings is 2. The Morgan fingerprint density at radius 3 is 1.41 bits per heavy atom. The highest BCUT2D eigenvalue weighted by atomic mass is 32.2. The second-order valence-corrected chi connectivity index (χ2v) is 24.1. The van der Waals surface area contributed by atoms with Crippen LogP contribution in [0.15, 0.2) is 169 Å². The average molecular weight is 1280 g/mol. The van der Waals surface area contributed by atoms with Crippen molar-refractivity contribution in [2.24, 2.45) is 22.9 Å². The van der Waals surface area contributed by atoms with Gasteiger partial charge < -0.3 is 50.1 Å². The number of benzene rings is 4. The molecule has 4 aliphatic rings. The van der Waals surface area contributed by atoms with Gasteiger partial charge in [0.15, 0.2) is 12.2 Å². The van der Waals surface area contributed by atoms with Gasteiger partial charge in [-0.3, -0.25) is 46.3 Å². The van der Waals surface area contributed by atoms with Crippen LogP contribution in [0.4, 0.5) is 14.4 Å². The number of carbonyl (C=O) groups excluding carboxylic acids is 7. The summed E-state index contributed by atoms with van der Waals surface area (Å²) < 4.78 is 20.1. The molecular formula is C62H61N11O16S2. The van der Waals surface area contributed by atoms with Gasteiger partial charge in [0, 0.05) is 32.3 Å². The molecule has 2 aromatic heterocycles. The average Bonchev–Trinajstić information content (AvgIpc) is 1.58. The van der Waals surface area contributed by atoms with E-state index in [1.807, 2.05) is 121 Å². The third kappa shape index (κ3) is 15.9. The van der Waals surface area contributed by atoms with Gasteiger partial charge in [-0.25, -0.2) is 19.2 Å². The number of rotatable bonds is 18. The number of fused-ring (bicyclic) bond motifs is 2. The van der Waals surface area contributed by atoms with Crippen LogP contribution in [0.2, 0.25) is 0 Å². The molecule has 10 N–H and O–H groups in total. The number of aromatic nitrogens is 2. The van der Waals surface area contributed by atoms with Crippen LogP contribution in [0.1, 0.15) is 77.7 Å². The number of aliphatic carboxylic acids is 1. The lowest BCUT2D eigenvalue weighted by molar-refractivity contribution is -0.477. The number of carbonyl (C=O) groups is 7. The fourth-order valence-electron chi connectivity index (χ4n) is 10.4. The maximum Gasteiger partial charge on any atom is 0.416 e. The first kappa shape index (κ1) is 67.7. The van der Waals surface area contributed by atoms with Crippen molar-refractivity contribution in [2.45, 2.75) is 78.4 Å². The molecule has 0 bridgehead atoms. The van der Waals surface area contributed by atoms with Crippen molar-refractivity contribution in [2.75, 3.05) is 13.2 Å². The Bertz CT molecular complexity index is 3660. The van der Waals surface area contributed by atoms with Gasteiger partial charge in [-0.15, -0.1) is 23.5 Å². The number of carboxylic acids is 1. The number of nitrogens with one attached hydrogen (secondary N) is 2. The van der Waals surface area contributed by atoms with Gasteiger partial charge in [0.2, 0.25) is 0 Å². The van der Waals surface area contributed by atoms with Crippen molar-refractivity contribution < 1.29 is 62.6 Å². The molecule has 0 saturated carbocycles. The van der Waals surface area contributed by atoms with Crippen LogP contribution in [-0.4, -0.2) is 124 Å². The number of hydrogen-bond donors (Lipinski definition) is 6. The third-order valence-corrected chi connectivity index (χ3v) is 17.7. The molecule has 0 aliphatic carbocycles. The molecule has 27 nitrogen and oxygen atoms in total. The highest BCUT2D eigenvalue weighted by Crippen LogP contribution is 2.55. The molecule has 29 heteroatoms. The highest BCUT2D eigenvalue weighted by molar-refractivity contribution is 8.02. The van der Waals surface area contributed by atoms with Crippen LogP contribution in [0.5, 0.6) is 0 Å². The quantitative estimate of drug-likeness (QED) is 0.0177. The summed E-state index contributed by atoms with van der Waals surface area (Å²) in [6, 6.07) is 42.0. The number of primary amides is 2. The predicted octanol–water partition coefficient (Wildman–Crippen LogP) is 4.00. The van der Waals surface area contributed by atoms with Crippen molar-refractivity contribution in [1.82, 2.24) is 24.7 Å². The molecule has 2 unspecified atom stereocenters. The minimum absolute atomic E-state index is 0.00183. The number of esters is 1. The summed E-state index contributed by atoms with van der Waals surface area (Å²) in [5.74, 6) is -2.87. The van der Waals surface area contributed by atoms with Crippen molar-refractivity contribution in [3.05, 3.63) is 234 Å². The molecule has 4 aromatic carbocycles. The van der Waals surface area contributed by atoms with Gasteiger partial charge in [-0.2, -0.15) is 0 Å². The Morgan fingerprint density at radius 1 is 0.626 bits per heavy atom. The first-order valence-electron chi connectivity index (χ1n) is 27.4. The summed E-state index contributed by atoms with van der Waals surface area (Å²) in [4.78, 5) is 132. The van der Waals surface area contributed by atoms with E-state index in [0.29, 0.717) is 34.6 Å². The molecule has 91 heavy (non-hydrogen) atoms. The number of hydrogen-bond acceptors (Lipinski definition) is 21. The highest BCUT2D eigenvalue weighted by Gasteiger charge is 2.65. The molecular weight excluding hydrogens is 1220 g/mol. The molecule has 6 atom stereocenters. The van der Waals surface area contributed by atoms with E-state index in [9.17, 15) is 38.7 Å². The molecule has 6 heterocycles. The fourth-order valence-corrected chi connectivity index (χ4v) is 13.6. The number of amidine groups is 1. The van der Waals surface area contributed by atoms with E-state index in [-0.39, 0.29) is 31.6 Å². The van der Waals surface area contributed by atoms with Gasteiger partial charge in [0.05, 0.1) is 57.1 Å². The van der Waals surface area contributed by atoms with Gasteiger partial charge in [-0.05, 0) is 90.6 Å². The minimum atomic E-state index is -1.43. The summed E-state index contributed by atoms with van der Waals surface area (Å²) in [7, 11) is 0. The second-order valence-electron chi connectivity index (χ2n) is 20.9. The molecule has 0 radical (unpaired) electrons. The number of nitrogens with two attached hydrogens (primary N) is 4. The molecule has 10 rings (SSSR count). The number of amides is 5. The number of β-lactam (4-membered cyclic amide) rings is 2. The number of thioether (sulfide) groups is 2. The first-order chi connectivity index (χ1) is 43.6. The van der Waals surface area contributed by atoms with E-state index in [1.165, 1.54) is 45.1 Å². The lowest BCUT2D eigenvalue weighted by Crippen LogP contribution is -2.76. The second kappa shape index (κ2) is 30.4. The van der Waals surface area contributed by atoms with Crippen molar-refractivity contribution in [3.8, 4) is 0 Å². The van der Waals surface area contributed by atoms with E-state index in [4.69, 9.17) is 67.2 Å². The standard InChI is InChI=1S/C45H41N5O7S.C17H20N6O5S.2O2/c1-29(46)49(44(54)57-38(33-19-11-5-12-20-33)34-21-13-6-14-22-34)27-30-23-24-48-35(25-30)26-36-40(51)50-39(45(2,58-41(36)50)28-55-43(47)53)42(52)56-37(31-15-7-3-8-16-31)32-17-9-4-10-18-32;1-17(7-28-16(20)27)11(14(25)26)23-12(24)10(13(23)29-17)5-9-4-8(2-3-21-9)6-22-15(18)19;2*1-2/h3-26,37-39,41,46H,27-28H2,1-2H3,(H2,47,53);2-5,11,13H,6-7H2,1H3,(H2,20,27)(H,25,26)(H4,18,19,22);;/b36-26-,46-29?;10-5-;;/t39-,41?,45-;11-,13?,17-;;/m00../s1. The maximum absolute atomic E-state index is 14.3. The summed E-state index contributed by atoms with van der Waals surface area (Å²) in [6.45, 7) is 4.70. The van der Waals surface area contributed by atoms with Crippen molar-refractivity contribution in [1.29, 1.82) is 5.41 Å². The van der Waals surface area contributed by atoms with Crippen molar-refractivity contribution in [3.63, 3.8) is 0 Å². The van der Waals surface area contributed by atoms with Gasteiger partial charge in [0.1, 0.15) is 35.8 Å². The third-order valence-electron chi connectivity index (χ3n) is 14.5. The van der Waals surface area contributed by atoms with E-state index < -0.39 is 86.6 Å². The van der Waals surface area contributed by atoms with E-state index >= 15 is 0 Å². The Balaban J connectivity index is 0.000000299. The summed E-state index contributed by atoms with van der Waals surface area (Å²) in [5.41, 5.74) is 27.4. The normalized spacial score (nSPS) is 20.7. The smallest absolute Gasteiger partial charge is 0.416 e. The Kier molecular flexibility index (Phi) is 22.6. The molecule has 6 aromatic rings. The first-order valence-corrected chi connectivity index (χ1v) is 29.2.